The number of aromatic hydroxyl groups is 1. The first-order valence-electron chi connectivity index (χ1n) is 5.51. The quantitative estimate of drug-likeness (QED) is 0.873. The van der Waals surface area contributed by atoms with E-state index in [1.54, 1.807) is 12.1 Å². The summed E-state index contributed by atoms with van der Waals surface area (Å²) >= 11 is 3.50. The Balaban J connectivity index is 2.07. The molecule has 1 aliphatic heterocycles. The molecule has 3 nitrogen and oxygen atoms in total. The highest BCUT2D eigenvalue weighted by Crippen LogP contribution is 2.25. The van der Waals surface area contributed by atoms with Gasteiger partial charge < -0.3 is 10.8 Å². The third kappa shape index (κ3) is 2.56. The molecule has 1 fully saturated rings. The third-order valence-electron chi connectivity index (χ3n) is 3.17. The van der Waals surface area contributed by atoms with Crippen LogP contribution in [-0.2, 0) is 6.54 Å². The lowest BCUT2D eigenvalue weighted by Crippen LogP contribution is -2.28. The molecule has 1 aromatic carbocycles. The van der Waals surface area contributed by atoms with Crippen molar-refractivity contribution in [3.63, 3.8) is 0 Å². The van der Waals surface area contributed by atoms with Crippen molar-refractivity contribution in [2.45, 2.75) is 19.5 Å². The summed E-state index contributed by atoms with van der Waals surface area (Å²) in [5.41, 5.74) is 7.10. The Morgan fingerprint density at radius 3 is 2.88 bits per heavy atom. The molecular formula is C12H17BrN2O. The van der Waals surface area contributed by atoms with Gasteiger partial charge in [-0.1, -0.05) is 22.9 Å². The molecule has 0 radical (unpaired) electrons. The van der Waals surface area contributed by atoms with E-state index in [9.17, 15) is 5.11 Å². The van der Waals surface area contributed by atoms with Crippen LogP contribution in [0, 0.1) is 5.92 Å². The minimum Gasteiger partial charge on any atom is -0.508 e. The second-order valence-corrected chi connectivity index (χ2v) is 5.47. The zero-order valence-electron chi connectivity index (χ0n) is 9.36. The number of nitrogens with two attached hydrogens (primary N) is 1. The van der Waals surface area contributed by atoms with Crippen molar-refractivity contribution in [2.24, 2.45) is 11.7 Å². The fraction of sp³-hybridized carbons (Fsp3) is 0.500. The molecule has 0 aliphatic carbocycles. The Labute approximate surface area is 104 Å². The van der Waals surface area contributed by atoms with Crippen LogP contribution in [0.25, 0.3) is 0 Å². The van der Waals surface area contributed by atoms with Crippen molar-refractivity contribution < 1.29 is 5.11 Å². The predicted octanol–water partition coefficient (Wildman–Crippen LogP) is 1.93. The molecule has 0 bridgehead atoms. The van der Waals surface area contributed by atoms with E-state index in [1.807, 2.05) is 6.07 Å². The number of phenolic OH excluding ortho intramolecular Hbond substituents is 1. The highest BCUT2D eigenvalue weighted by molar-refractivity contribution is 9.10. The van der Waals surface area contributed by atoms with Crippen molar-refractivity contribution in [1.29, 1.82) is 0 Å². The van der Waals surface area contributed by atoms with Gasteiger partial charge in [-0.25, -0.2) is 0 Å². The minimum atomic E-state index is 0.274. The van der Waals surface area contributed by atoms with Crippen LogP contribution < -0.4 is 5.73 Å². The topological polar surface area (TPSA) is 49.5 Å². The Morgan fingerprint density at radius 1 is 1.50 bits per heavy atom. The van der Waals surface area contributed by atoms with Crippen LogP contribution in [-0.4, -0.2) is 29.1 Å². The van der Waals surface area contributed by atoms with Gasteiger partial charge in [0, 0.05) is 30.1 Å². The van der Waals surface area contributed by atoms with Gasteiger partial charge in [0.05, 0.1) is 0 Å². The number of nitrogens with zero attached hydrogens (tertiary/aromatic N) is 1. The Morgan fingerprint density at radius 2 is 2.25 bits per heavy atom. The van der Waals surface area contributed by atoms with Gasteiger partial charge in [0.25, 0.3) is 0 Å². The number of hydrogen-bond acceptors (Lipinski definition) is 3. The summed E-state index contributed by atoms with van der Waals surface area (Å²) in [6.45, 7) is 4.99. The van der Waals surface area contributed by atoms with Gasteiger partial charge >= 0.3 is 0 Å². The van der Waals surface area contributed by atoms with E-state index in [-0.39, 0.29) is 6.04 Å². The highest BCUT2D eigenvalue weighted by Gasteiger charge is 2.26. The zero-order valence-corrected chi connectivity index (χ0v) is 10.9. The predicted molar refractivity (Wildman–Crippen MR) is 68.2 cm³/mol. The van der Waals surface area contributed by atoms with Crippen LogP contribution in [0.2, 0.25) is 0 Å². The van der Waals surface area contributed by atoms with Crippen molar-refractivity contribution in [3.05, 3.63) is 28.2 Å². The smallest absolute Gasteiger partial charge is 0.115 e. The summed E-state index contributed by atoms with van der Waals surface area (Å²) in [6, 6.07) is 5.64. The molecule has 88 valence electrons. The second-order valence-electron chi connectivity index (χ2n) is 4.61. The number of halogens is 1. The van der Waals surface area contributed by atoms with Gasteiger partial charge in [-0.15, -0.1) is 0 Å². The molecule has 1 aliphatic rings. The lowest BCUT2D eigenvalue weighted by Gasteiger charge is -2.16. The van der Waals surface area contributed by atoms with Crippen LogP contribution in [0.1, 0.15) is 12.5 Å². The van der Waals surface area contributed by atoms with E-state index in [2.05, 4.69) is 27.8 Å². The fourth-order valence-electron chi connectivity index (χ4n) is 2.15. The van der Waals surface area contributed by atoms with E-state index >= 15 is 0 Å². The first kappa shape index (κ1) is 11.9. The third-order valence-corrected chi connectivity index (χ3v) is 3.94. The summed E-state index contributed by atoms with van der Waals surface area (Å²) in [6.07, 6.45) is 0. The molecule has 2 rings (SSSR count). The van der Waals surface area contributed by atoms with Crippen LogP contribution >= 0.6 is 15.9 Å². The number of likely N-dealkylation sites (tertiary alicyclic amines) is 1. The van der Waals surface area contributed by atoms with Gasteiger partial charge in [-0.2, -0.15) is 0 Å². The van der Waals surface area contributed by atoms with Gasteiger partial charge in [-0.05, 0) is 29.7 Å². The molecule has 3 N–H and O–H groups in total. The molecular weight excluding hydrogens is 268 g/mol. The molecule has 0 aromatic heterocycles. The molecule has 16 heavy (non-hydrogen) atoms. The van der Waals surface area contributed by atoms with Crippen LogP contribution in [0.4, 0.5) is 0 Å². The van der Waals surface area contributed by atoms with Gasteiger partial charge in [0.1, 0.15) is 5.75 Å². The summed E-state index contributed by atoms with van der Waals surface area (Å²) < 4.78 is 1.04. The summed E-state index contributed by atoms with van der Waals surface area (Å²) in [4.78, 5) is 2.33. The van der Waals surface area contributed by atoms with Gasteiger partial charge in [-0.3, -0.25) is 4.90 Å². The molecule has 1 saturated heterocycles. The lowest BCUT2D eigenvalue weighted by molar-refractivity contribution is 0.317. The summed E-state index contributed by atoms with van der Waals surface area (Å²) in [7, 11) is 0. The average molecular weight is 285 g/mol. The van der Waals surface area contributed by atoms with Gasteiger partial charge in [0.2, 0.25) is 0 Å². The fourth-order valence-corrected chi connectivity index (χ4v) is 2.52. The Hall–Kier alpha value is -0.580. The van der Waals surface area contributed by atoms with Crippen molar-refractivity contribution in [3.8, 4) is 5.75 Å². The summed E-state index contributed by atoms with van der Waals surface area (Å²) in [5.74, 6) is 0.867. The van der Waals surface area contributed by atoms with Crippen LogP contribution in [0.3, 0.4) is 0 Å². The number of hydrogen-bond donors (Lipinski definition) is 2. The largest absolute Gasteiger partial charge is 0.508 e. The van der Waals surface area contributed by atoms with Crippen molar-refractivity contribution in [1.82, 2.24) is 4.90 Å². The van der Waals surface area contributed by atoms with Crippen molar-refractivity contribution >= 4 is 15.9 Å². The van der Waals surface area contributed by atoms with Crippen LogP contribution in [0.5, 0.6) is 5.75 Å². The highest BCUT2D eigenvalue weighted by atomic mass is 79.9. The van der Waals surface area contributed by atoms with E-state index in [1.165, 1.54) is 0 Å². The van der Waals surface area contributed by atoms with Gasteiger partial charge in [0.15, 0.2) is 0 Å². The maximum absolute atomic E-state index is 9.45. The molecule has 0 spiro atoms. The number of phenols is 1. The number of benzene rings is 1. The first-order chi connectivity index (χ1) is 7.56. The van der Waals surface area contributed by atoms with Crippen LogP contribution in [0.15, 0.2) is 22.7 Å². The molecule has 2 atom stereocenters. The molecule has 4 heteroatoms. The summed E-state index contributed by atoms with van der Waals surface area (Å²) in [5, 5.41) is 9.45. The van der Waals surface area contributed by atoms with E-state index < -0.39 is 0 Å². The standard InChI is InChI=1S/C12H17BrN2O/c1-8-5-15(7-12(8)14)6-9-4-10(16)2-3-11(9)13/h2-4,8,12,16H,5-7,14H2,1H3. The van der Waals surface area contributed by atoms with Crippen molar-refractivity contribution in [2.75, 3.05) is 13.1 Å². The average Bonchev–Trinajstić information content (AvgIpc) is 2.52. The lowest BCUT2D eigenvalue weighted by atomic mass is 10.1. The Bertz CT molecular complexity index is 373. The zero-order chi connectivity index (χ0) is 11.7. The molecule has 0 saturated carbocycles. The molecule has 0 amide bonds. The normalized spacial score (nSPS) is 26.2. The minimum absolute atomic E-state index is 0.274. The van der Waals surface area contributed by atoms with E-state index in [4.69, 9.17) is 5.73 Å². The van der Waals surface area contributed by atoms with E-state index in [0.29, 0.717) is 11.7 Å². The molecule has 2 unspecified atom stereocenters. The number of rotatable bonds is 2. The second kappa shape index (κ2) is 4.73. The Kier molecular flexibility index (Phi) is 3.52. The SMILES string of the molecule is CC1CN(Cc2cc(O)ccc2Br)CC1N. The maximum atomic E-state index is 9.45. The monoisotopic (exact) mass is 284 g/mol. The molecule has 1 heterocycles. The first-order valence-corrected chi connectivity index (χ1v) is 6.31. The molecule has 1 aromatic rings. The maximum Gasteiger partial charge on any atom is 0.115 e. The van der Waals surface area contributed by atoms with E-state index in [0.717, 1.165) is 29.7 Å².